The predicted molar refractivity (Wildman–Crippen MR) is 50.7 cm³/mol. The normalized spacial score (nSPS) is 13.5. The quantitative estimate of drug-likeness (QED) is 0.296. The number of aliphatic hydroxyl groups excluding tert-OH is 1. The summed E-state index contributed by atoms with van der Waals surface area (Å²) in [5, 5.41) is 8.78. The average Bonchev–Trinajstić information content (AvgIpc) is 2.11. The summed E-state index contributed by atoms with van der Waals surface area (Å²) in [5.41, 5.74) is 2.10. The second-order valence-corrected chi connectivity index (χ2v) is 3.24. The Balaban J connectivity index is 4.26. The second kappa shape index (κ2) is 5.90. The van der Waals surface area contributed by atoms with Crippen LogP contribution in [0.5, 0.6) is 0 Å². The first-order valence-corrected chi connectivity index (χ1v) is 4.41. The van der Waals surface area contributed by atoms with Crippen LogP contribution < -0.4 is 11.3 Å². The maximum atomic E-state index is 11.2. The molecular weight excluding hydrogens is 170 g/mol. The van der Waals surface area contributed by atoms with Crippen molar-refractivity contribution in [3.63, 3.8) is 0 Å². The summed E-state index contributed by atoms with van der Waals surface area (Å²) in [6, 6.07) is -0.100. The monoisotopic (exact) mass is 189 g/mol. The van der Waals surface area contributed by atoms with Gasteiger partial charge in [-0.25, -0.2) is 5.84 Å². The minimum atomic E-state index is -0.308. The molecule has 0 saturated carbocycles. The Morgan fingerprint density at radius 1 is 1.54 bits per heavy atom. The SMILES string of the molecule is CC(C)N(CCO)C(C)C(=O)NN. The molecule has 0 aromatic rings. The minimum absolute atomic E-state index is 0.0420. The van der Waals surface area contributed by atoms with Gasteiger partial charge in [0.25, 0.3) is 5.91 Å². The smallest absolute Gasteiger partial charge is 0.250 e. The van der Waals surface area contributed by atoms with E-state index in [-0.39, 0.29) is 24.6 Å². The molecule has 0 aliphatic heterocycles. The lowest BCUT2D eigenvalue weighted by molar-refractivity contribution is -0.126. The summed E-state index contributed by atoms with van der Waals surface area (Å²) < 4.78 is 0. The van der Waals surface area contributed by atoms with Gasteiger partial charge in [0.1, 0.15) is 0 Å². The van der Waals surface area contributed by atoms with Crippen LogP contribution in [0.1, 0.15) is 20.8 Å². The van der Waals surface area contributed by atoms with Gasteiger partial charge in [-0.05, 0) is 20.8 Å². The van der Waals surface area contributed by atoms with Gasteiger partial charge in [0.2, 0.25) is 0 Å². The van der Waals surface area contributed by atoms with Gasteiger partial charge in [0.15, 0.2) is 0 Å². The van der Waals surface area contributed by atoms with Crippen LogP contribution in [0.25, 0.3) is 0 Å². The topological polar surface area (TPSA) is 78.6 Å². The molecule has 0 rings (SSSR count). The summed E-state index contributed by atoms with van der Waals surface area (Å²) in [6.07, 6.45) is 0. The van der Waals surface area contributed by atoms with Crippen LogP contribution in [0.2, 0.25) is 0 Å². The first-order chi connectivity index (χ1) is 6.04. The fourth-order valence-electron chi connectivity index (χ4n) is 1.29. The Hall–Kier alpha value is -0.650. The number of hydrazine groups is 1. The molecule has 0 aliphatic rings. The molecule has 1 unspecified atom stereocenters. The maximum absolute atomic E-state index is 11.2. The zero-order valence-corrected chi connectivity index (χ0v) is 8.45. The first-order valence-electron chi connectivity index (χ1n) is 4.41. The van der Waals surface area contributed by atoms with Crippen molar-refractivity contribution < 1.29 is 9.90 Å². The molecule has 0 radical (unpaired) electrons. The van der Waals surface area contributed by atoms with Crippen LogP contribution in [0, 0.1) is 0 Å². The number of rotatable bonds is 5. The van der Waals surface area contributed by atoms with Crippen molar-refractivity contribution in [3.8, 4) is 0 Å². The van der Waals surface area contributed by atoms with Crippen LogP contribution in [-0.4, -0.2) is 41.1 Å². The Morgan fingerprint density at radius 2 is 2.08 bits per heavy atom. The number of nitrogens with one attached hydrogen (secondary N) is 1. The highest BCUT2D eigenvalue weighted by molar-refractivity contribution is 5.80. The van der Waals surface area contributed by atoms with E-state index in [0.29, 0.717) is 6.54 Å². The molecule has 1 amide bonds. The van der Waals surface area contributed by atoms with Gasteiger partial charge in [0, 0.05) is 12.6 Å². The third-order valence-electron chi connectivity index (χ3n) is 2.04. The molecule has 0 aromatic carbocycles. The fraction of sp³-hybridized carbons (Fsp3) is 0.875. The van der Waals surface area contributed by atoms with Crippen LogP contribution in [0.3, 0.4) is 0 Å². The van der Waals surface area contributed by atoms with Crippen LogP contribution in [0.15, 0.2) is 0 Å². The highest BCUT2D eigenvalue weighted by Gasteiger charge is 2.21. The summed E-state index contributed by atoms with van der Waals surface area (Å²) >= 11 is 0. The van der Waals surface area contributed by atoms with Gasteiger partial charge >= 0.3 is 0 Å². The molecule has 0 saturated heterocycles. The maximum Gasteiger partial charge on any atom is 0.250 e. The van der Waals surface area contributed by atoms with E-state index < -0.39 is 0 Å². The van der Waals surface area contributed by atoms with Crippen molar-refractivity contribution in [2.75, 3.05) is 13.2 Å². The number of nitrogens with two attached hydrogens (primary N) is 1. The van der Waals surface area contributed by atoms with Crippen LogP contribution >= 0.6 is 0 Å². The molecule has 78 valence electrons. The summed E-state index contributed by atoms with van der Waals surface area (Å²) in [5.74, 6) is 4.78. The van der Waals surface area contributed by atoms with E-state index in [1.165, 1.54) is 0 Å². The average molecular weight is 189 g/mol. The molecule has 0 heterocycles. The standard InChI is InChI=1S/C8H19N3O2/c1-6(2)11(4-5-12)7(3)8(13)10-9/h6-7,12H,4-5,9H2,1-3H3,(H,10,13). The Labute approximate surface area is 78.9 Å². The minimum Gasteiger partial charge on any atom is -0.395 e. The molecule has 5 nitrogen and oxygen atoms in total. The van der Waals surface area contributed by atoms with E-state index in [4.69, 9.17) is 10.9 Å². The Morgan fingerprint density at radius 3 is 2.38 bits per heavy atom. The zero-order valence-electron chi connectivity index (χ0n) is 8.45. The lowest BCUT2D eigenvalue weighted by Gasteiger charge is -2.30. The number of carbonyl (C=O) groups excluding carboxylic acids is 1. The molecule has 0 fully saturated rings. The predicted octanol–water partition coefficient (Wildman–Crippen LogP) is -0.932. The molecule has 5 heteroatoms. The van der Waals surface area contributed by atoms with E-state index in [0.717, 1.165) is 0 Å². The van der Waals surface area contributed by atoms with E-state index in [1.54, 1.807) is 6.92 Å². The molecule has 0 aromatic heterocycles. The fourth-order valence-corrected chi connectivity index (χ4v) is 1.29. The van der Waals surface area contributed by atoms with Crippen molar-refractivity contribution >= 4 is 5.91 Å². The highest BCUT2D eigenvalue weighted by Crippen LogP contribution is 2.04. The third kappa shape index (κ3) is 3.71. The van der Waals surface area contributed by atoms with E-state index in [9.17, 15) is 4.79 Å². The van der Waals surface area contributed by atoms with E-state index in [1.807, 2.05) is 18.7 Å². The number of amides is 1. The van der Waals surface area contributed by atoms with Crippen molar-refractivity contribution in [3.05, 3.63) is 0 Å². The van der Waals surface area contributed by atoms with Gasteiger partial charge < -0.3 is 5.11 Å². The number of hydrogen-bond acceptors (Lipinski definition) is 4. The summed E-state index contributed by atoms with van der Waals surface area (Å²) in [6.45, 7) is 6.22. The highest BCUT2D eigenvalue weighted by atomic mass is 16.3. The first kappa shape index (κ1) is 12.3. The number of hydrogen-bond donors (Lipinski definition) is 3. The van der Waals surface area contributed by atoms with Crippen molar-refractivity contribution in [1.82, 2.24) is 10.3 Å². The van der Waals surface area contributed by atoms with Gasteiger partial charge in [-0.2, -0.15) is 0 Å². The summed E-state index contributed by atoms with van der Waals surface area (Å²) in [4.78, 5) is 13.1. The number of carbonyl (C=O) groups is 1. The van der Waals surface area contributed by atoms with Gasteiger partial charge in [-0.3, -0.25) is 15.1 Å². The van der Waals surface area contributed by atoms with Crippen molar-refractivity contribution in [2.24, 2.45) is 5.84 Å². The lowest BCUT2D eigenvalue weighted by atomic mass is 10.2. The third-order valence-corrected chi connectivity index (χ3v) is 2.04. The zero-order chi connectivity index (χ0) is 10.4. The van der Waals surface area contributed by atoms with E-state index >= 15 is 0 Å². The lowest BCUT2D eigenvalue weighted by Crippen LogP contribution is -2.50. The largest absolute Gasteiger partial charge is 0.395 e. The second-order valence-electron chi connectivity index (χ2n) is 3.24. The van der Waals surface area contributed by atoms with Gasteiger partial charge in [-0.1, -0.05) is 0 Å². The summed E-state index contributed by atoms with van der Waals surface area (Å²) in [7, 11) is 0. The molecule has 13 heavy (non-hydrogen) atoms. The van der Waals surface area contributed by atoms with Crippen molar-refractivity contribution in [1.29, 1.82) is 0 Å². The molecule has 0 spiro atoms. The van der Waals surface area contributed by atoms with Crippen molar-refractivity contribution in [2.45, 2.75) is 32.9 Å². The van der Waals surface area contributed by atoms with Crippen LogP contribution in [0.4, 0.5) is 0 Å². The molecule has 0 bridgehead atoms. The number of nitrogens with zero attached hydrogens (tertiary/aromatic N) is 1. The van der Waals surface area contributed by atoms with Gasteiger partial charge in [-0.15, -0.1) is 0 Å². The molecular formula is C8H19N3O2. The molecule has 4 N–H and O–H groups in total. The van der Waals surface area contributed by atoms with E-state index in [2.05, 4.69) is 5.43 Å². The Kier molecular flexibility index (Phi) is 5.61. The van der Waals surface area contributed by atoms with Gasteiger partial charge in [0.05, 0.1) is 12.6 Å². The molecule has 0 aliphatic carbocycles. The number of aliphatic hydroxyl groups is 1. The van der Waals surface area contributed by atoms with Crippen LogP contribution in [-0.2, 0) is 4.79 Å². The Bertz CT molecular complexity index is 161. The molecule has 1 atom stereocenters.